The third-order valence-electron chi connectivity index (χ3n) is 4.55. The Hall–Kier alpha value is -2.12. The number of halogens is 1. The van der Waals surface area contributed by atoms with E-state index in [1.54, 1.807) is 33.8 Å². The Bertz CT molecular complexity index is 806. The Kier molecular flexibility index (Phi) is 3.90. The number of fused-ring (bicyclic) bond motifs is 2. The van der Waals surface area contributed by atoms with Crippen molar-refractivity contribution >= 4 is 29.1 Å². The van der Waals surface area contributed by atoms with Gasteiger partial charge in [-0.1, -0.05) is 11.6 Å². The molecule has 2 aliphatic heterocycles. The third kappa shape index (κ3) is 2.74. The minimum atomic E-state index is -0.253. The van der Waals surface area contributed by atoms with Gasteiger partial charge in [0.05, 0.1) is 23.7 Å². The summed E-state index contributed by atoms with van der Waals surface area (Å²) >= 11 is 5.96. The summed E-state index contributed by atoms with van der Waals surface area (Å²) in [6.07, 6.45) is 3.74. The standard InChI is InChI=1S/C16H17ClN4O3/c17-10-1-2-14-19-12(8-21(14)7-10)16(23)20-5-3-11-13(9-20)24-6-4-18-15(11)22/h1-2,7-8,11,13H,3-6,9H2,(H,18,22)/t11-,13+/m0/s1. The van der Waals surface area contributed by atoms with Gasteiger partial charge in [-0.3, -0.25) is 9.59 Å². The SMILES string of the molecule is O=C1NCCO[C@@H]2CN(C(=O)c3cn4cc(Cl)ccc4n3)CC[C@H]12. The molecule has 2 fully saturated rings. The van der Waals surface area contributed by atoms with Gasteiger partial charge in [0.2, 0.25) is 5.91 Å². The number of nitrogens with one attached hydrogen (secondary N) is 1. The molecular formula is C16H17ClN4O3. The smallest absolute Gasteiger partial charge is 0.274 e. The largest absolute Gasteiger partial charge is 0.374 e. The number of piperidine rings is 1. The van der Waals surface area contributed by atoms with E-state index >= 15 is 0 Å². The molecule has 4 rings (SSSR count). The first-order valence-corrected chi connectivity index (χ1v) is 8.32. The Morgan fingerprint density at radius 3 is 3.12 bits per heavy atom. The van der Waals surface area contributed by atoms with Crippen molar-refractivity contribution in [2.24, 2.45) is 5.92 Å². The lowest BCUT2D eigenvalue weighted by atomic mass is 9.93. The lowest BCUT2D eigenvalue weighted by Crippen LogP contribution is -2.50. The van der Waals surface area contributed by atoms with E-state index in [-0.39, 0.29) is 23.8 Å². The minimum absolute atomic E-state index is 0.0203. The first-order chi connectivity index (χ1) is 11.6. The number of nitrogens with zero attached hydrogens (tertiary/aromatic N) is 3. The highest BCUT2D eigenvalue weighted by Crippen LogP contribution is 2.24. The zero-order valence-electron chi connectivity index (χ0n) is 12.9. The fourth-order valence-electron chi connectivity index (χ4n) is 3.32. The van der Waals surface area contributed by atoms with Crippen molar-refractivity contribution in [3.8, 4) is 0 Å². The van der Waals surface area contributed by atoms with E-state index in [0.29, 0.717) is 49.0 Å². The van der Waals surface area contributed by atoms with E-state index in [2.05, 4.69) is 10.3 Å². The van der Waals surface area contributed by atoms with Crippen molar-refractivity contribution in [1.82, 2.24) is 19.6 Å². The van der Waals surface area contributed by atoms with Crippen molar-refractivity contribution in [3.05, 3.63) is 35.2 Å². The zero-order chi connectivity index (χ0) is 16.7. The van der Waals surface area contributed by atoms with Gasteiger partial charge in [0.1, 0.15) is 11.3 Å². The van der Waals surface area contributed by atoms with E-state index in [4.69, 9.17) is 16.3 Å². The molecule has 2 aliphatic rings. The van der Waals surface area contributed by atoms with Gasteiger partial charge in [-0.2, -0.15) is 0 Å². The van der Waals surface area contributed by atoms with Crippen LogP contribution in [0.5, 0.6) is 0 Å². The number of amides is 2. The van der Waals surface area contributed by atoms with Crippen LogP contribution >= 0.6 is 11.6 Å². The molecule has 0 bridgehead atoms. The molecule has 4 heterocycles. The Labute approximate surface area is 143 Å². The summed E-state index contributed by atoms with van der Waals surface area (Å²) in [6, 6.07) is 3.51. The summed E-state index contributed by atoms with van der Waals surface area (Å²) in [5, 5.41) is 3.43. The lowest BCUT2D eigenvalue weighted by molar-refractivity contribution is -0.129. The second kappa shape index (κ2) is 6.07. The summed E-state index contributed by atoms with van der Waals surface area (Å²) in [6.45, 7) is 1.92. The predicted molar refractivity (Wildman–Crippen MR) is 87.0 cm³/mol. The summed E-state index contributed by atoms with van der Waals surface area (Å²) in [5.74, 6) is -0.315. The van der Waals surface area contributed by atoms with Crippen LogP contribution in [0.3, 0.4) is 0 Å². The Morgan fingerprint density at radius 1 is 1.38 bits per heavy atom. The number of pyridine rings is 1. The van der Waals surface area contributed by atoms with Gasteiger partial charge < -0.3 is 19.4 Å². The van der Waals surface area contributed by atoms with E-state index < -0.39 is 0 Å². The van der Waals surface area contributed by atoms with E-state index in [1.807, 2.05) is 0 Å². The van der Waals surface area contributed by atoms with Crippen molar-refractivity contribution in [3.63, 3.8) is 0 Å². The van der Waals surface area contributed by atoms with Gasteiger partial charge in [0, 0.05) is 32.0 Å². The minimum Gasteiger partial charge on any atom is -0.374 e. The van der Waals surface area contributed by atoms with Gasteiger partial charge in [0.25, 0.3) is 5.91 Å². The molecule has 2 saturated heterocycles. The number of carbonyl (C=O) groups is 2. The molecular weight excluding hydrogens is 332 g/mol. The molecule has 0 unspecified atom stereocenters. The molecule has 0 aromatic carbocycles. The molecule has 2 atom stereocenters. The van der Waals surface area contributed by atoms with Gasteiger partial charge in [-0.25, -0.2) is 4.98 Å². The highest BCUT2D eigenvalue weighted by atomic mass is 35.5. The number of rotatable bonds is 1. The molecule has 2 amide bonds. The number of carbonyl (C=O) groups excluding carboxylic acids is 2. The van der Waals surface area contributed by atoms with Crippen LogP contribution in [0, 0.1) is 5.92 Å². The Morgan fingerprint density at radius 2 is 2.25 bits per heavy atom. The Balaban J connectivity index is 1.54. The van der Waals surface area contributed by atoms with Crippen LogP contribution in [-0.4, -0.2) is 58.4 Å². The molecule has 8 heteroatoms. The normalized spacial score (nSPS) is 24.4. The summed E-state index contributed by atoms with van der Waals surface area (Å²) < 4.78 is 7.48. The van der Waals surface area contributed by atoms with E-state index in [9.17, 15) is 9.59 Å². The average Bonchev–Trinajstić information content (AvgIpc) is 2.91. The monoisotopic (exact) mass is 348 g/mol. The maximum atomic E-state index is 12.8. The molecule has 0 spiro atoms. The number of hydrogen-bond donors (Lipinski definition) is 1. The van der Waals surface area contributed by atoms with Gasteiger partial charge >= 0.3 is 0 Å². The van der Waals surface area contributed by atoms with Crippen LogP contribution in [0.25, 0.3) is 5.65 Å². The summed E-state index contributed by atoms with van der Waals surface area (Å²) in [7, 11) is 0. The lowest BCUT2D eigenvalue weighted by Gasteiger charge is -2.35. The second-order valence-electron chi connectivity index (χ2n) is 6.09. The van der Waals surface area contributed by atoms with Crippen molar-refractivity contribution in [2.75, 3.05) is 26.2 Å². The first-order valence-electron chi connectivity index (χ1n) is 7.94. The predicted octanol–water partition coefficient (Wildman–Crippen LogP) is 0.965. The van der Waals surface area contributed by atoms with Gasteiger partial charge in [-0.05, 0) is 18.6 Å². The number of hydrogen-bond acceptors (Lipinski definition) is 4. The van der Waals surface area contributed by atoms with Crippen LogP contribution in [0.1, 0.15) is 16.9 Å². The maximum Gasteiger partial charge on any atom is 0.274 e. The van der Waals surface area contributed by atoms with Crippen LogP contribution in [-0.2, 0) is 9.53 Å². The number of aromatic nitrogens is 2. The molecule has 24 heavy (non-hydrogen) atoms. The molecule has 0 radical (unpaired) electrons. The first kappa shape index (κ1) is 15.4. The van der Waals surface area contributed by atoms with E-state index in [1.165, 1.54) is 0 Å². The molecule has 2 aromatic rings. The van der Waals surface area contributed by atoms with E-state index in [0.717, 1.165) is 0 Å². The van der Waals surface area contributed by atoms with Crippen LogP contribution < -0.4 is 5.32 Å². The van der Waals surface area contributed by atoms with Crippen molar-refractivity contribution in [2.45, 2.75) is 12.5 Å². The molecule has 1 N–H and O–H groups in total. The maximum absolute atomic E-state index is 12.8. The molecule has 0 aliphatic carbocycles. The quantitative estimate of drug-likeness (QED) is 0.833. The number of likely N-dealkylation sites (tertiary alicyclic amines) is 1. The average molecular weight is 349 g/mol. The molecule has 0 saturated carbocycles. The molecule has 7 nitrogen and oxygen atoms in total. The van der Waals surface area contributed by atoms with Crippen molar-refractivity contribution < 1.29 is 14.3 Å². The van der Waals surface area contributed by atoms with Crippen molar-refractivity contribution in [1.29, 1.82) is 0 Å². The molecule has 2 aromatic heterocycles. The van der Waals surface area contributed by atoms with Gasteiger partial charge in [-0.15, -0.1) is 0 Å². The third-order valence-corrected chi connectivity index (χ3v) is 4.77. The van der Waals surface area contributed by atoms with Crippen LogP contribution in [0.2, 0.25) is 5.02 Å². The second-order valence-corrected chi connectivity index (χ2v) is 6.52. The summed E-state index contributed by atoms with van der Waals surface area (Å²) in [4.78, 5) is 30.8. The van der Waals surface area contributed by atoms with Crippen LogP contribution in [0.4, 0.5) is 0 Å². The van der Waals surface area contributed by atoms with Crippen LogP contribution in [0.15, 0.2) is 24.5 Å². The highest BCUT2D eigenvalue weighted by molar-refractivity contribution is 6.30. The molecule has 126 valence electrons. The topological polar surface area (TPSA) is 75.9 Å². The zero-order valence-corrected chi connectivity index (χ0v) is 13.7. The summed E-state index contributed by atoms with van der Waals surface area (Å²) in [5.41, 5.74) is 1.04. The highest BCUT2D eigenvalue weighted by Gasteiger charge is 2.38. The fourth-order valence-corrected chi connectivity index (χ4v) is 3.48. The number of imidazole rings is 1. The van der Waals surface area contributed by atoms with Gasteiger partial charge in [0.15, 0.2) is 0 Å². The fraction of sp³-hybridized carbons (Fsp3) is 0.438. The number of ether oxygens (including phenoxy) is 1.